The normalized spacial score (nSPS) is 24.1. The summed E-state index contributed by atoms with van der Waals surface area (Å²) in [6.45, 7) is 0.322. The number of carbonyl (C=O) groups excluding carboxylic acids is 1. The van der Waals surface area contributed by atoms with Gasteiger partial charge in [-0.1, -0.05) is 0 Å². The van der Waals surface area contributed by atoms with E-state index in [1.165, 1.54) is 29.3 Å². The monoisotopic (exact) mass is 401 g/mol. The van der Waals surface area contributed by atoms with Gasteiger partial charge in [0.15, 0.2) is 0 Å². The van der Waals surface area contributed by atoms with Crippen LogP contribution < -0.4 is 0 Å². The standard InChI is InChI=1S/C21H18F3N3O2/c22-14-1-2-20-18(10-14)25-11-26(20)17-7-13(8-17)21(28)27-19(3-4-29-27)12-5-15(23)9-16(24)6-12/h1-2,5-6,9-11,13,17,19H,3-4,7-8H2/t13-,17+,19-/m0/s1. The van der Waals surface area contributed by atoms with Crippen molar-refractivity contribution in [2.75, 3.05) is 6.61 Å². The van der Waals surface area contributed by atoms with Crippen molar-refractivity contribution in [2.24, 2.45) is 5.92 Å². The molecule has 0 N–H and O–H groups in total. The number of rotatable bonds is 3. The first kappa shape index (κ1) is 18.2. The molecule has 0 bridgehead atoms. The van der Waals surface area contributed by atoms with Crippen LogP contribution in [0.3, 0.4) is 0 Å². The Labute approximate surface area is 164 Å². The highest BCUT2D eigenvalue weighted by atomic mass is 19.1. The van der Waals surface area contributed by atoms with Gasteiger partial charge in [-0.25, -0.2) is 23.2 Å². The number of hydrogen-bond acceptors (Lipinski definition) is 3. The largest absolute Gasteiger partial charge is 0.327 e. The molecule has 150 valence electrons. The molecule has 5 rings (SSSR count). The molecule has 2 aromatic carbocycles. The van der Waals surface area contributed by atoms with Gasteiger partial charge in [0.2, 0.25) is 5.91 Å². The molecule has 2 heterocycles. The Hall–Kier alpha value is -2.87. The second-order valence-electron chi connectivity index (χ2n) is 7.61. The fraction of sp³-hybridized carbons (Fsp3) is 0.333. The summed E-state index contributed by atoms with van der Waals surface area (Å²) < 4.78 is 42.5. The third-order valence-electron chi connectivity index (χ3n) is 5.78. The van der Waals surface area contributed by atoms with Crippen molar-refractivity contribution in [2.45, 2.75) is 31.3 Å². The van der Waals surface area contributed by atoms with E-state index < -0.39 is 17.7 Å². The Morgan fingerprint density at radius 3 is 2.55 bits per heavy atom. The molecule has 1 saturated carbocycles. The van der Waals surface area contributed by atoms with Crippen molar-refractivity contribution < 1.29 is 22.8 Å². The minimum atomic E-state index is -0.675. The van der Waals surface area contributed by atoms with Gasteiger partial charge in [-0.05, 0) is 42.7 Å². The zero-order chi connectivity index (χ0) is 20.1. The maximum Gasteiger partial charge on any atom is 0.249 e. The van der Waals surface area contributed by atoms with Gasteiger partial charge in [-0.3, -0.25) is 9.63 Å². The topological polar surface area (TPSA) is 47.4 Å². The average Bonchev–Trinajstić information content (AvgIpc) is 3.26. The number of hydrogen-bond donors (Lipinski definition) is 0. The van der Waals surface area contributed by atoms with Gasteiger partial charge in [0, 0.05) is 30.5 Å². The number of carbonyl (C=O) groups is 1. The maximum absolute atomic E-state index is 13.6. The lowest BCUT2D eigenvalue weighted by Crippen LogP contribution is -2.41. The first-order chi connectivity index (χ1) is 14.0. The van der Waals surface area contributed by atoms with Crippen LogP contribution in [0.5, 0.6) is 0 Å². The van der Waals surface area contributed by atoms with Crippen LogP contribution in [0.25, 0.3) is 11.0 Å². The number of halogens is 3. The van der Waals surface area contributed by atoms with Gasteiger partial charge in [-0.2, -0.15) is 0 Å². The lowest BCUT2D eigenvalue weighted by Gasteiger charge is -2.38. The molecular formula is C21H18F3N3O2. The number of nitrogens with zero attached hydrogens (tertiary/aromatic N) is 3. The predicted octanol–water partition coefficient (Wildman–Crippen LogP) is 4.31. The van der Waals surface area contributed by atoms with Crippen LogP contribution in [0.15, 0.2) is 42.7 Å². The molecule has 2 fully saturated rings. The van der Waals surface area contributed by atoms with E-state index in [-0.39, 0.29) is 23.7 Å². The van der Waals surface area contributed by atoms with Crippen molar-refractivity contribution in [3.8, 4) is 0 Å². The summed E-state index contributed by atoms with van der Waals surface area (Å²) in [7, 11) is 0. The first-order valence-electron chi connectivity index (χ1n) is 9.53. The fourth-order valence-corrected chi connectivity index (χ4v) is 4.25. The quantitative estimate of drug-likeness (QED) is 0.657. The number of hydroxylamine groups is 2. The Morgan fingerprint density at radius 1 is 1.03 bits per heavy atom. The SMILES string of the molecule is O=C([C@H]1C[C@@H](n2cnc3cc(F)ccc32)C1)N1OCC[C@H]1c1cc(F)cc(F)c1. The van der Waals surface area contributed by atoms with Gasteiger partial charge in [0.25, 0.3) is 0 Å². The highest BCUT2D eigenvalue weighted by Gasteiger charge is 2.42. The number of amides is 1. The Kier molecular flexibility index (Phi) is 4.31. The van der Waals surface area contributed by atoms with Gasteiger partial charge in [-0.15, -0.1) is 0 Å². The van der Waals surface area contributed by atoms with E-state index in [1.54, 1.807) is 12.4 Å². The second kappa shape index (κ2) is 6.88. The molecule has 1 amide bonds. The molecule has 2 aliphatic rings. The molecule has 29 heavy (non-hydrogen) atoms. The zero-order valence-corrected chi connectivity index (χ0v) is 15.4. The van der Waals surface area contributed by atoms with Crippen LogP contribution in [-0.2, 0) is 9.63 Å². The molecule has 5 nitrogen and oxygen atoms in total. The molecule has 8 heteroatoms. The second-order valence-corrected chi connectivity index (χ2v) is 7.61. The summed E-state index contributed by atoms with van der Waals surface area (Å²) in [5.41, 5.74) is 1.80. The van der Waals surface area contributed by atoms with Gasteiger partial charge in [0.1, 0.15) is 17.5 Å². The van der Waals surface area contributed by atoms with E-state index in [4.69, 9.17) is 4.84 Å². The molecular weight excluding hydrogens is 383 g/mol. The predicted molar refractivity (Wildman–Crippen MR) is 98.0 cm³/mol. The van der Waals surface area contributed by atoms with Crippen LogP contribution >= 0.6 is 0 Å². The minimum Gasteiger partial charge on any atom is -0.327 e. The van der Waals surface area contributed by atoms with E-state index >= 15 is 0 Å². The summed E-state index contributed by atoms with van der Waals surface area (Å²) in [6.07, 6.45) is 3.36. The third-order valence-corrected chi connectivity index (χ3v) is 5.78. The van der Waals surface area contributed by atoms with Gasteiger partial charge in [0.05, 0.1) is 30.0 Å². The number of imidazole rings is 1. The van der Waals surface area contributed by atoms with Crippen molar-refractivity contribution in [1.29, 1.82) is 0 Å². The van der Waals surface area contributed by atoms with Crippen LogP contribution in [-0.4, -0.2) is 27.1 Å². The van der Waals surface area contributed by atoms with Crippen LogP contribution in [0, 0.1) is 23.4 Å². The molecule has 1 saturated heterocycles. The van der Waals surface area contributed by atoms with Gasteiger partial charge >= 0.3 is 0 Å². The van der Waals surface area contributed by atoms with Crippen molar-refractivity contribution >= 4 is 16.9 Å². The molecule has 0 spiro atoms. The number of benzene rings is 2. The summed E-state index contributed by atoms with van der Waals surface area (Å²) in [6, 6.07) is 7.34. The lowest BCUT2D eigenvalue weighted by molar-refractivity contribution is -0.185. The van der Waals surface area contributed by atoms with Crippen LogP contribution in [0.1, 0.15) is 36.9 Å². The Balaban J connectivity index is 1.30. The molecule has 1 atom stereocenters. The molecule has 1 aliphatic heterocycles. The third kappa shape index (κ3) is 3.17. The summed E-state index contributed by atoms with van der Waals surface area (Å²) in [4.78, 5) is 22.7. The van der Waals surface area contributed by atoms with Gasteiger partial charge < -0.3 is 4.57 Å². The van der Waals surface area contributed by atoms with Crippen molar-refractivity contribution in [3.05, 3.63) is 65.7 Å². The number of fused-ring (bicyclic) bond motifs is 1. The van der Waals surface area contributed by atoms with E-state index in [9.17, 15) is 18.0 Å². The zero-order valence-electron chi connectivity index (χ0n) is 15.4. The molecule has 1 aliphatic carbocycles. The van der Waals surface area contributed by atoms with Crippen LogP contribution in [0.2, 0.25) is 0 Å². The van der Waals surface area contributed by atoms with Crippen molar-refractivity contribution in [1.82, 2.24) is 14.6 Å². The summed E-state index contributed by atoms with van der Waals surface area (Å²) >= 11 is 0. The van der Waals surface area contributed by atoms with E-state index in [0.29, 0.717) is 36.9 Å². The molecule has 0 unspecified atom stereocenters. The Morgan fingerprint density at radius 2 is 1.79 bits per heavy atom. The van der Waals surface area contributed by atoms with E-state index in [1.807, 2.05) is 4.57 Å². The molecule has 0 radical (unpaired) electrons. The van der Waals surface area contributed by atoms with Crippen LogP contribution in [0.4, 0.5) is 13.2 Å². The summed E-state index contributed by atoms with van der Waals surface area (Å²) in [5.74, 6) is -2.10. The highest BCUT2D eigenvalue weighted by Crippen LogP contribution is 2.43. The van der Waals surface area contributed by atoms with Crippen molar-refractivity contribution in [3.63, 3.8) is 0 Å². The molecule has 3 aromatic rings. The average molecular weight is 401 g/mol. The Bertz CT molecular complexity index is 1070. The highest BCUT2D eigenvalue weighted by molar-refractivity contribution is 5.80. The van der Waals surface area contributed by atoms with E-state index in [2.05, 4.69) is 4.98 Å². The lowest BCUT2D eigenvalue weighted by atomic mass is 9.79. The minimum absolute atomic E-state index is 0.0899. The summed E-state index contributed by atoms with van der Waals surface area (Å²) in [5, 5.41) is 1.27. The fourth-order valence-electron chi connectivity index (χ4n) is 4.25. The smallest absolute Gasteiger partial charge is 0.249 e. The molecule has 1 aromatic heterocycles. The van der Waals surface area contributed by atoms with E-state index in [0.717, 1.165) is 11.6 Å². The number of aromatic nitrogens is 2. The maximum atomic E-state index is 13.6. The first-order valence-corrected chi connectivity index (χ1v) is 9.53.